The number of nitrogens with zero attached hydrogens (tertiary/aromatic N) is 1. The molecule has 0 aliphatic carbocycles. The molecule has 0 aliphatic heterocycles. The topological polar surface area (TPSA) is 34.1 Å². The molecule has 1 aromatic heterocycles. The predicted molar refractivity (Wildman–Crippen MR) is 76.0 cm³/mol. The van der Waals surface area contributed by atoms with Crippen LogP contribution in [0.3, 0.4) is 0 Å². The molecule has 0 bridgehead atoms. The normalized spacial score (nSPS) is 10.7. The van der Waals surface area contributed by atoms with Gasteiger partial charge in [-0.2, -0.15) is 0 Å². The Labute approximate surface area is 108 Å². The minimum absolute atomic E-state index is 0.727. The lowest BCUT2D eigenvalue weighted by atomic mass is 10.1. The lowest BCUT2D eigenvalue weighted by Crippen LogP contribution is -2.11. The summed E-state index contributed by atoms with van der Waals surface area (Å²) in [5.41, 5.74) is 0. The molecule has 0 spiro atoms. The number of pyridine rings is 1. The van der Waals surface area contributed by atoms with E-state index >= 15 is 0 Å². The van der Waals surface area contributed by atoms with E-state index in [1.54, 1.807) is 0 Å². The van der Waals surface area contributed by atoms with Crippen LogP contribution < -0.4 is 5.32 Å². The molecule has 1 aromatic carbocycles. The van der Waals surface area contributed by atoms with E-state index in [0.717, 1.165) is 37.4 Å². The molecule has 0 saturated carbocycles. The maximum absolute atomic E-state index is 5.52. The molecule has 2 aromatic rings. The third-order valence-electron chi connectivity index (χ3n) is 2.85. The Hall–Kier alpha value is -1.61. The number of anilines is 1. The molecule has 0 aliphatic rings. The molecule has 2 rings (SSSR count). The summed E-state index contributed by atoms with van der Waals surface area (Å²) in [5, 5.41) is 5.70. The average Bonchev–Trinajstić information content (AvgIpc) is 2.43. The van der Waals surface area contributed by atoms with E-state index in [1.165, 1.54) is 11.8 Å². The van der Waals surface area contributed by atoms with Crippen LogP contribution in [0.25, 0.3) is 10.8 Å². The van der Waals surface area contributed by atoms with E-state index in [4.69, 9.17) is 4.74 Å². The highest BCUT2D eigenvalue weighted by atomic mass is 16.5. The fraction of sp³-hybridized carbons (Fsp3) is 0.400. The number of hydrogen-bond acceptors (Lipinski definition) is 3. The maximum Gasteiger partial charge on any atom is 0.133 e. The molecule has 0 amide bonds. The third kappa shape index (κ3) is 3.44. The standard InChI is InChI=1S/C15H20N2O/c1-2-3-11-18-12-10-17-15-14-7-5-4-6-13(14)8-9-16-15/h4-9H,2-3,10-12H2,1H3,(H,16,17). The zero-order chi connectivity index (χ0) is 12.6. The molecule has 3 heteroatoms. The Morgan fingerprint density at radius 3 is 2.94 bits per heavy atom. The first kappa shape index (κ1) is 12.8. The van der Waals surface area contributed by atoms with Crippen molar-refractivity contribution in [3.8, 4) is 0 Å². The number of nitrogens with one attached hydrogen (secondary N) is 1. The molecule has 1 heterocycles. The molecule has 0 saturated heterocycles. The van der Waals surface area contributed by atoms with Crippen molar-refractivity contribution in [3.05, 3.63) is 36.5 Å². The van der Waals surface area contributed by atoms with E-state index in [1.807, 2.05) is 24.4 Å². The summed E-state index contributed by atoms with van der Waals surface area (Å²) in [4.78, 5) is 4.37. The molecule has 0 fully saturated rings. The highest BCUT2D eigenvalue weighted by Gasteiger charge is 2.00. The van der Waals surface area contributed by atoms with Gasteiger partial charge in [-0.3, -0.25) is 0 Å². The predicted octanol–water partition coefficient (Wildman–Crippen LogP) is 3.46. The molecule has 18 heavy (non-hydrogen) atoms. The number of fused-ring (bicyclic) bond motifs is 1. The first-order chi connectivity index (χ1) is 8.92. The molecule has 0 unspecified atom stereocenters. The summed E-state index contributed by atoms with van der Waals surface area (Å²) in [7, 11) is 0. The molecule has 96 valence electrons. The number of benzene rings is 1. The summed E-state index contributed by atoms with van der Waals surface area (Å²) in [6.45, 7) is 4.54. The third-order valence-corrected chi connectivity index (χ3v) is 2.85. The van der Waals surface area contributed by atoms with Crippen LogP contribution in [-0.2, 0) is 4.74 Å². The number of hydrogen-bond donors (Lipinski definition) is 1. The average molecular weight is 244 g/mol. The second kappa shape index (κ2) is 6.97. The van der Waals surface area contributed by atoms with Crippen LogP contribution in [0, 0.1) is 0 Å². The Morgan fingerprint density at radius 2 is 2.06 bits per heavy atom. The Kier molecular flexibility index (Phi) is 4.97. The summed E-state index contributed by atoms with van der Waals surface area (Å²) in [6, 6.07) is 10.3. The quantitative estimate of drug-likeness (QED) is 0.757. The number of ether oxygens (including phenoxy) is 1. The number of rotatable bonds is 7. The summed E-state index contributed by atoms with van der Waals surface area (Å²) < 4.78 is 5.52. The van der Waals surface area contributed by atoms with Crippen LogP contribution in [0.4, 0.5) is 5.82 Å². The number of unbranched alkanes of at least 4 members (excludes halogenated alkanes) is 1. The lowest BCUT2D eigenvalue weighted by Gasteiger charge is -2.08. The second-order valence-corrected chi connectivity index (χ2v) is 4.27. The van der Waals surface area contributed by atoms with Crippen molar-refractivity contribution < 1.29 is 4.74 Å². The molecular formula is C15H20N2O. The lowest BCUT2D eigenvalue weighted by molar-refractivity contribution is 0.141. The Morgan fingerprint density at radius 1 is 1.17 bits per heavy atom. The second-order valence-electron chi connectivity index (χ2n) is 4.27. The van der Waals surface area contributed by atoms with Crippen LogP contribution >= 0.6 is 0 Å². The van der Waals surface area contributed by atoms with Gasteiger partial charge in [0, 0.05) is 24.7 Å². The van der Waals surface area contributed by atoms with Gasteiger partial charge in [-0.15, -0.1) is 0 Å². The smallest absolute Gasteiger partial charge is 0.133 e. The Bertz CT molecular complexity index is 479. The fourth-order valence-corrected chi connectivity index (χ4v) is 1.85. The SMILES string of the molecule is CCCCOCCNc1nccc2ccccc12. The fourth-order valence-electron chi connectivity index (χ4n) is 1.85. The van der Waals surface area contributed by atoms with Crippen molar-refractivity contribution >= 4 is 16.6 Å². The minimum Gasteiger partial charge on any atom is -0.380 e. The molecule has 0 radical (unpaired) electrons. The van der Waals surface area contributed by atoms with Crippen molar-refractivity contribution in [2.45, 2.75) is 19.8 Å². The summed E-state index contributed by atoms with van der Waals surface area (Å²) in [6.07, 6.45) is 4.15. The Balaban J connectivity index is 1.88. The van der Waals surface area contributed by atoms with E-state index in [9.17, 15) is 0 Å². The van der Waals surface area contributed by atoms with Gasteiger partial charge in [0.2, 0.25) is 0 Å². The van der Waals surface area contributed by atoms with E-state index in [0.29, 0.717) is 0 Å². The summed E-state index contributed by atoms with van der Waals surface area (Å²) >= 11 is 0. The minimum atomic E-state index is 0.727. The van der Waals surface area contributed by atoms with Gasteiger partial charge in [-0.1, -0.05) is 37.6 Å². The number of aromatic nitrogens is 1. The van der Waals surface area contributed by atoms with Gasteiger partial charge >= 0.3 is 0 Å². The van der Waals surface area contributed by atoms with Gasteiger partial charge < -0.3 is 10.1 Å². The maximum atomic E-state index is 5.52. The van der Waals surface area contributed by atoms with Crippen LogP contribution in [-0.4, -0.2) is 24.7 Å². The molecule has 0 atom stereocenters. The van der Waals surface area contributed by atoms with Gasteiger partial charge in [0.1, 0.15) is 5.82 Å². The van der Waals surface area contributed by atoms with E-state index in [-0.39, 0.29) is 0 Å². The van der Waals surface area contributed by atoms with Crippen molar-refractivity contribution in [1.29, 1.82) is 0 Å². The molecule has 1 N–H and O–H groups in total. The van der Waals surface area contributed by atoms with Crippen LogP contribution in [0.5, 0.6) is 0 Å². The van der Waals surface area contributed by atoms with Gasteiger partial charge in [0.25, 0.3) is 0 Å². The van der Waals surface area contributed by atoms with Gasteiger partial charge in [0.05, 0.1) is 6.61 Å². The molecular weight excluding hydrogens is 224 g/mol. The van der Waals surface area contributed by atoms with Crippen LogP contribution in [0.1, 0.15) is 19.8 Å². The van der Waals surface area contributed by atoms with Gasteiger partial charge in [-0.05, 0) is 17.9 Å². The van der Waals surface area contributed by atoms with Crippen molar-refractivity contribution in [2.24, 2.45) is 0 Å². The first-order valence-electron chi connectivity index (χ1n) is 6.57. The summed E-state index contributed by atoms with van der Waals surface area (Å²) in [5.74, 6) is 0.937. The largest absolute Gasteiger partial charge is 0.380 e. The zero-order valence-electron chi connectivity index (χ0n) is 10.9. The van der Waals surface area contributed by atoms with E-state index in [2.05, 4.69) is 29.4 Å². The van der Waals surface area contributed by atoms with Gasteiger partial charge in [-0.25, -0.2) is 4.98 Å². The van der Waals surface area contributed by atoms with Crippen molar-refractivity contribution in [3.63, 3.8) is 0 Å². The van der Waals surface area contributed by atoms with Crippen LogP contribution in [0.15, 0.2) is 36.5 Å². The van der Waals surface area contributed by atoms with Crippen molar-refractivity contribution in [1.82, 2.24) is 4.98 Å². The zero-order valence-corrected chi connectivity index (χ0v) is 10.9. The van der Waals surface area contributed by atoms with Gasteiger partial charge in [0.15, 0.2) is 0 Å². The highest BCUT2D eigenvalue weighted by molar-refractivity contribution is 5.91. The first-order valence-corrected chi connectivity index (χ1v) is 6.57. The van der Waals surface area contributed by atoms with Crippen molar-refractivity contribution in [2.75, 3.05) is 25.1 Å². The van der Waals surface area contributed by atoms with E-state index < -0.39 is 0 Å². The monoisotopic (exact) mass is 244 g/mol. The molecule has 3 nitrogen and oxygen atoms in total. The highest BCUT2D eigenvalue weighted by Crippen LogP contribution is 2.19. The van der Waals surface area contributed by atoms with Crippen LogP contribution in [0.2, 0.25) is 0 Å².